The predicted octanol–water partition coefficient (Wildman–Crippen LogP) is 0.327. The van der Waals surface area contributed by atoms with Crippen molar-refractivity contribution in [2.24, 2.45) is 5.73 Å². The fourth-order valence-corrected chi connectivity index (χ4v) is 1.85. The van der Waals surface area contributed by atoms with Crippen molar-refractivity contribution in [1.29, 1.82) is 0 Å². The van der Waals surface area contributed by atoms with Gasteiger partial charge in [-0.3, -0.25) is 4.79 Å². The molecular weight excluding hydrogens is 190 g/mol. The topological polar surface area (TPSA) is 58.4 Å². The first-order valence-electron chi connectivity index (χ1n) is 6.03. The maximum atomic E-state index is 11.7. The van der Waals surface area contributed by atoms with Gasteiger partial charge in [0.05, 0.1) is 6.54 Å². The van der Waals surface area contributed by atoms with E-state index in [1.165, 1.54) is 12.8 Å². The maximum Gasteiger partial charge on any atom is 0.236 e. The van der Waals surface area contributed by atoms with Crippen LogP contribution in [0, 0.1) is 0 Å². The Kier molecular flexibility index (Phi) is 6.36. The first kappa shape index (κ1) is 12.5. The summed E-state index contributed by atoms with van der Waals surface area (Å²) in [7, 11) is 0. The third-order valence-corrected chi connectivity index (χ3v) is 2.79. The van der Waals surface area contributed by atoms with E-state index in [0.717, 1.165) is 38.9 Å². The molecule has 0 atom stereocenters. The van der Waals surface area contributed by atoms with Gasteiger partial charge >= 0.3 is 0 Å². The van der Waals surface area contributed by atoms with Crippen molar-refractivity contribution < 1.29 is 4.79 Å². The second kappa shape index (κ2) is 7.65. The van der Waals surface area contributed by atoms with Crippen molar-refractivity contribution in [2.75, 3.05) is 32.7 Å². The molecule has 0 aromatic carbocycles. The molecule has 15 heavy (non-hydrogen) atoms. The van der Waals surface area contributed by atoms with Gasteiger partial charge in [0, 0.05) is 13.1 Å². The van der Waals surface area contributed by atoms with Gasteiger partial charge in [-0.1, -0.05) is 12.8 Å². The molecule has 0 aliphatic carbocycles. The SMILES string of the molecule is NCCCNCC(=O)N1CCCCCC1. The summed E-state index contributed by atoms with van der Waals surface area (Å²) in [5.74, 6) is 0.244. The van der Waals surface area contributed by atoms with Gasteiger partial charge in [-0.2, -0.15) is 0 Å². The summed E-state index contributed by atoms with van der Waals surface area (Å²) >= 11 is 0. The van der Waals surface area contributed by atoms with E-state index in [4.69, 9.17) is 5.73 Å². The number of hydrogen-bond donors (Lipinski definition) is 2. The van der Waals surface area contributed by atoms with Gasteiger partial charge in [-0.15, -0.1) is 0 Å². The van der Waals surface area contributed by atoms with Crippen LogP contribution in [0.4, 0.5) is 0 Å². The lowest BCUT2D eigenvalue weighted by Crippen LogP contribution is -2.39. The lowest BCUT2D eigenvalue weighted by Gasteiger charge is -2.20. The first-order chi connectivity index (χ1) is 7.34. The predicted molar refractivity (Wildman–Crippen MR) is 61.6 cm³/mol. The fraction of sp³-hybridized carbons (Fsp3) is 0.909. The maximum absolute atomic E-state index is 11.7. The van der Waals surface area contributed by atoms with E-state index in [1.54, 1.807) is 0 Å². The van der Waals surface area contributed by atoms with Crippen LogP contribution in [-0.4, -0.2) is 43.5 Å². The number of likely N-dealkylation sites (tertiary alicyclic amines) is 1. The number of rotatable bonds is 5. The molecule has 1 aliphatic rings. The molecule has 1 rings (SSSR count). The monoisotopic (exact) mass is 213 g/mol. The van der Waals surface area contributed by atoms with Crippen molar-refractivity contribution in [3.63, 3.8) is 0 Å². The zero-order valence-corrected chi connectivity index (χ0v) is 9.50. The van der Waals surface area contributed by atoms with E-state index >= 15 is 0 Å². The smallest absolute Gasteiger partial charge is 0.236 e. The molecular formula is C11H23N3O. The minimum Gasteiger partial charge on any atom is -0.342 e. The average molecular weight is 213 g/mol. The number of carbonyl (C=O) groups is 1. The van der Waals surface area contributed by atoms with Crippen molar-refractivity contribution in [1.82, 2.24) is 10.2 Å². The van der Waals surface area contributed by atoms with Gasteiger partial charge in [0.2, 0.25) is 5.91 Å². The van der Waals surface area contributed by atoms with Crippen molar-refractivity contribution in [2.45, 2.75) is 32.1 Å². The third-order valence-electron chi connectivity index (χ3n) is 2.79. The van der Waals surface area contributed by atoms with Crippen LogP contribution in [-0.2, 0) is 4.79 Å². The zero-order valence-electron chi connectivity index (χ0n) is 9.50. The molecule has 1 heterocycles. The van der Waals surface area contributed by atoms with Crippen LogP contribution in [0.25, 0.3) is 0 Å². The Morgan fingerprint density at radius 1 is 1.20 bits per heavy atom. The van der Waals surface area contributed by atoms with Crippen molar-refractivity contribution in [3.8, 4) is 0 Å². The van der Waals surface area contributed by atoms with Crippen LogP contribution >= 0.6 is 0 Å². The molecule has 0 spiro atoms. The Labute approximate surface area is 92.2 Å². The number of hydrogen-bond acceptors (Lipinski definition) is 3. The van der Waals surface area contributed by atoms with Gasteiger partial charge in [-0.05, 0) is 32.4 Å². The Hall–Kier alpha value is -0.610. The molecule has 0 aromatic rings. The molecule has 4 heteroatoms. The highest BCUT2D eigenvalue weighted by Gasteiger charge is 2.14. The van der Waals surface area contributed by atoms with Gasteiger partial charge in [0.1, 0.15) is 0 Å². The molecule has 0 radical (unpaired) electrons. The quantitative estimate of drug-likeness (QED) is 0.647. The minimum absolute atomic E-state index is 0.244. The van der Waals surface area contributed by atoms with E-state index in [1.807, 2.05) is 4.90 Å². The lowest BCUT2D eigenvalue weighted by atomic mass is 10.2. The van der Waals surface area contributed by atoms with E-state index in [2.05, 4.69) is 5.32 Å². The molecule has 3 N–H and O–H groups in total. The third kappa shape index (κ3) is 5.14. The summed E-state index contributed by atoms with van der Waals surface area (Å²) in [6.07, 6.45) is 5.80. The van der Waals surface area contributed by atoms with Gasteiger partial charge < -0.3 is 16.0 Å². The summed E-state index contributed by atoms with van der Waals surface area (Å²) in [6.45, 7) is 3.88. The normalized spacial score (nSPS) is 17.5. The number of amides is 1. The van der Waals surface area contributed by atoms with Gasteiger partial charge in [0.25, 0.3) is 0 Å². The van der Waals surface area contributed by atoms with Gasteiger partial charge in [-0.25, -0.2) is 0 Å². The highest BCUT2D eigenvalue weighted by Crippen LogP contribution is 2.09. The molecule has 4 nitrogen and oxygen atoms in total. The lowest BCUT2D eigenvalue weighted by molar-refractivity contribution is -0.130. The summed E-state index contributed by atoms with van der Waals surface area (Å²) < 4.78 is 0. The molecule has 0 aromatic heterocycles. The molecule has 1 fully saturated rings. The number of nitrogens with one attached hydrogen (secondary N) is 1. The van der Waals surface area contributed by atoms with Crippen molar-refractivity contribution in [3.05, 3.63) is 0 Å². The van der Waals surface area contributed by atoms with Crippen LogP contribution in [0.3, 0.4) is 0 Å². The molecule has 0 bridgehead atoms. The average Bonchev–Trinajstić information content (AvgIpc) is 2.52. The van der Waals surface area contributed by atoms with Crippen LogP contribution in [0.2, 0.25) is 0 Å². The van der Waals surface area contributed by atoms with E-state index in [9.17, 15) is 4.79 Å². The summed E-state index contributed by atoms with van der Waals surface area (Å²) in [5.41, 5.74) is 5.37. The summed E-state index contributed by atoms with van der Waals surface area (Å²) in [4.78, 5) is 13.7. The summed E-state index contributed by atoms with van der Waals surface area (Å²) in [5, 5.41) is 3.13. The second-order valence-electron chi connectivity index (χ2n) is 4.11. The second-order valence-corrected chi connectivity index (χ2v) is 4.11. The molecule has 1 saturated heterocycles. The summed E-state index contributed by atoms with van der Waals surface area (Å²) in [6, 6.07) is 0. The van der Waals surface area contributed by atoms with Crippen molar-refractivity contribution >= 4 is 5.91 Å². The van der Waals surface area contributed by atoms with E-state index < -0.39 is 0 Å². The number of nitrogens with two attached hydrogens (primary N) is 1. The molecule has 88 valence electrons. The Morgan fingerprint density at radius 2 is 1.87 bits per heavy atom. The zero-order chi connectivity index (χ0) is 10.9. The highest BCUT2D eigenvalue weighted by molar-refractivity contribution is 5.78. The van der Waals surface area contributed by atoms with Crippen LogP contribution in [0.5, 0.6) is 0 Å². The largest absolute Gasteiger partial charge is 0.342 e. The molecule has 1 aliphatic heterocycles. The Bertz CT molecular complexity index is 177. The van der Waals surface area contributed by atoms with E-state index in [0.29, 0.717) is 13.1 Å². The van der Waals surface area contributed by atoms with Crippen LogP contribution in [0.1, 0.15) is 32.1 Å². The Balaban J connectivity index is 2.14. The minimum atomic E-state index is 0.244. The van der Waals surface area contributed by atoms with Gasteiger partial charge in [0.15, 0.2) is 0 Å². The van der Waals surface area contributed by atoms with Crippen LogP contribution < -0.4 is 11.1 Å². The number of nitrogens with zero attached hydrogens (tertiary/aromatic N) is 1. The fourth-order valence-electron chi connectivity index (χ4n) is 1.85. The highest BCUT2D eigenvalue weighted by atomic mass is 16.2. The van der Waals surface area contributed by atoms with E-state index in [-0.39, 0.29) is 5.91 Å². The molecule has 0 saturated carbocycles. The first-order valence-corrected chi connectivity index (χ1v) is 6.03. The van der Waals surface area contributed by atoms with Crippen LogP contribution in [0.15, 0.2) is 0 Å². The Morgan fingerprint density at radius 3 is 2.47 bits per heavy atom. The number of carbonyl (C=O) groups excluding carboxylic acids is 1. The molecule has 1 amide bonds. The standard InChI is InChI=1S/C11H23N3O/c12-6-5-7-13-10-11(15)14-8-3-1-2-4-9-14/h13H,1-10,12H2. The molecule has 0 unspecified atom stereocenters.